The van der Waals surface area contributed by atoms with Gasteiger partial charge in [-0.2, -0.15) is 13.2 Å². The molecule has 2 N–H and O–H groups in total. The van der Waals surface area contributed by atoms with E-state index in [0.717, 1.165) is 18.5 Å². The van der Waals surface area contributed by atoms with Crippen molar-refractivity contribution < 1.29 is 18.1 Å². The van der Waals surface area contributed by atoms with Crippen molar-refractivity contribution in [2.75, 3.05) is 10.6 Å². The van der Waals surface area contributed by atoms with Crippen molar-refractivity contribution in [2.45, 2.75) is 6.18 Å². The molecule has 27 heavy (non-hydrogen) atoms. The molecule has 2 aromatic heterocycles. The fourth-order valence-electron chi connectivity index (χ4n) is 2.20. The Balaban J connectivity index is 1.96. The lowest BCUT2D eigenvalue weighted by molar-refractivity contribution is -0.383. The van der Waals surface area contributed by atoms with Gasteiger partial charge in [0.25, 0.3) is 0 Å². The first-order valence-electron chi connectivity index (χ1n) is 7.46. The van der Waals surface area contributed by atoms with Gasteiger partial charge in [-0.3, -0.25) is 10.1 Å². The summed E-state index contributed by atoms with van der Waals surface area (Å²) < 4.78 is 38.5. The second kappa shape index (κ2) is 7.23. The zero-order chi connectivity index (χ0) is 19.4. The molecule has 0 saturated heterocycles. The highest BCUT2D eigenvalue weighted by molar-refractivity contribution is 5.76. The third-order valence-corrected chi connectivity index (χ3v) is 3.37. The standard InChI is InChI=1S/C16H11F3N6O2/c17-16(18,19)10-4-3-5-11(8-10)23-14-13(25(26)27)15(22-9-21-14)24-12-6-1-2-7-20-12/h1-9H,(H2,20,21,22,23,24). The van der Waals surface area contributed by atoms with Crippen molar-refractivity contribution in [3.8, 4) is 0 Å². The molecule has 1 aromatic carbocycles. The van der Waals surface area contributed by atoms with Gasteiger partial charge in [0.2, 0.25) is 11.6 Å². The normalized spacial score (nSPS) is 11.1. The summed E-state index contributed by atoms with van der Waals surface area (Å²) in [6, 6.07) is 9.17. The van der Waals surface area contributed by atoms with Crippen LogP contribution in [0, 0.1) is 10.1 Å². The summed E-state index contributed by atoms with van der Waals surface area (Å²) in [5, 5.41) is 16.7. The lowest BCUT2D eigenvalue weighted by Crippen LogP contribution is -2.07. The first-order valence-corrected chi connectivity index (χ1v) is 7.46. The molecule has 0 amide bonds. The number of alkyl halides is 3. The molecule has 0 spiro atoms. The Morgan fingerprint density at radius 1 is 0.963 bits per heavy atom. The van der Waals surface area contributed by atoms with Crippen LogP contribution < -0.4 is 10.6 Å². The molecule has 0 radical (unpaired) electrons. The van der Waals surface area contributed by atoms with E-state index in [1.807, 2.05) is 0 Å². The smallest absolute Gasteiger partial charge is 0.334 e. The van der Waals surface area contributed by atoms with Crippen LogP contribution in [0.2, 0.25) is 0 Å². The third-order valence-electron chi connectivity index (χ3n) is 3.37. The summed E-state index contributed by atoms with van der Waals surface area (Å²) >= 11 is 0. The van der Waals surface area contributed by atoms with E-state index in [2.05, 4.69) is 25.6 Å². The third kappa shape index (κ3) is 4.26. The Hall–Kier alpha value is -3.76. The van der Waals surface area contributed by atoms with E-state index in [-0.39, 0.29) is 17.3 Å². The van der Waals surface area contributed by atoms with Gasteiger partial charge in [-0.05, 0) is 30.3 Å². The molecular weight excluding hydrogens is 365 g/mol. The van der Waals surface area contributed by atoms with Crippen LogP contribution in [0.15, 0.2) is 55.0 Å². The minimum Gasteiger partial charge on any atom is -0.334 e. The number of rotatable bonds is 5. The predicted molar refractivity (Wildman–Crippen MR) is 90.9 cm³/mol. The number of hydrogen-bond donors (Lipinski definition) is 2. The maximum absolute atomic E-state index is 12.8. The summed E-state index contributed by atoms with van der Waals surface area (Å²) in [7, 11) is 0. The van der Waals surface area contributed by atoms with E-state index in [0.29, 0.717) is 5.82 Å². The number of pyridine rings is 1. The van der Waals surface area contributed by atoms with Gasteiger partial charge >= 0.3 is 11.9 Å². The molecule has 0 atom stereocenters. The van der Waals surface area contributed by atoms with Crippen molar-refractivity contribution >= 4 is 28.8 Å². The molecule has 2 heterocycles. The van der Waals surface area contributed by atoms with E-state index < -0.39 is 22.4 Å². The number of hydrogen-bond acceptors (Lipinski definition) is 7. The van der Waals surface area contributed by atoms with E-state index in [1.165, 1.54) is 18.3 Å². The molecule has 3 aromatic rings. The number of nitrogens with zero attached hydrogens (tertiary/aromatic N) is 4. The van der Waals surface area contributed by atoms with Crippen LogP contribution in [0.5, 0.6) is 0 Å². The lowest BCUT2D eigenvalue weighted by Gasteiger charge is -2.11. The van der Waals surface area contributed by atoms with Gasteiger partial charge < -0.3 is 10.6 Å². The fourth-order valence-corrected chi connectivity index (χ4v) is 2.20. The van der Waals surface area contributed by atoms with Crippen LogP contribution in [0.25, 0.3) is 0 Å². The summed E-state index contributed by atoms with van der Waals surface area (Å²) in [5.41, 5.74) is -1.42. The average molecular weight is 376 g/mol. The second-order valence-electron chi connectivity index (χ2n) is 5.22. The number of nitrogens with one attached hydrogen (secondary N) is 2. The lowest BCUT2D eigenvalue weighted by atomic mass is 10.2. The van der Waals surface area contributed by atoms with Crippen LogP contribution >= 0.6 is 0 Å². The predicted octanol–water partition coefficient (Wildman–Crippen LogP) is 4.29. The van der Waals surface area contributed by atoms with Crippen LogP contribution in [-0.2, 0) is 6.18 Å². The summed E-state index contributed by atoms with van der Waals surface area (Å²) in [6.07, 6.45) is -2.01. The van der Waals surface area contributed by atoms with Gasteiger partial charge in [-0.15, -0.1) is 0 Å². The second-order valence-corrected chi connectivity index (χ2v) is 5.22. The van der Waals surface area contributed by atoms with Gasteiger partial charge in [-0.1, -0.05) is 12.1 Å². The van der Waals surface area contributed by atoms with Crippen LogP contribution in [0.1, 0.15) is 5.56 Å². The Morgan fingerprint density at radius 2 is 1.70 bits per heavy atom. The topological polar surface area (TPSA) is 106 Å². The highest BCUT2D eigenvalue weighted by Gasteiger charge is 2.31. The molecule has 8 nitrogen and oxygen atoms in total. The summed E-state index contributed by atoms with van der Waals surface area (Å²) in [4.78, 5) is 22.4. The van der Waals surface area contributed by atoms with Gasteiger partial charge in [0.15, 0.2) is 0 Å². The molecule has 0 unspecified atom stereocenters. The zero-order valence-corrected chi connectivity index (χ0v) is 13.4. The molecule has 3 rings (SSSR count). The highest BCUT2D eigenvalue weighted by atomic mass is 19.4. The molecule has 0 aliphatic heterocycles. The van der Waals surface area contributed by atoms with E-state index in [9.17, 15) is 23.3 Å². The van der Waals surface area contributed by atoms with Crippen molar-refractivity contribution in [3.63, 3.8) is 0 Å². The maximum Gasteiger partial charge on any atom is 0.416 e. The molecular formula is C16H11F3N6O2. The summed E-state index contributed by atoms with van der Waals surface area (Å²) in [6.45, 7) is 0. The first-order chi connectivity index (χ1) is 12.8. The minimum atomic E-state index is -4.54. The number of aromatic nitrogens is 3. The van der Waals surface area contributed by atoms with Crippen LogP contribution in [-0.4, -0.2) is 19.9 Å². The number of nitro groups is 1. The minimum absolute atomic E-state index is 0.00425. The Morgan fingerprint density at radius 3 is 2.33 bits per heavy atom. The molecule has 0 aliphatic carbocycles. The van der Waals surface area contributed by atoms with Gasteiger partial charge in [0.1, 0.15) is 12.1 Å². The molecule has 0 saturated carbocycles. The number of anilines is 4. The first kappa shape index (κ1) is 18.0. The Labute approximate surface area is 150 Å². The van der Waals surface area contributed by atoms with Crippen molar-refractivity contribution in [1.82, 2.24) is 15.0 Å². The largest absolute Gasteiger partial charge is 0.416 e. The monoisotopic (exact) mass is 376 g/mol. The van der Waals surface area contributed by atoms with E-state index >= 15 is 0 Å². The zero-order valence-electron chi connectivity index (χ0n) is 13.4. The Bertz CT molecular complexity index is 966. The van der Waals surface area contributed by atoms with Crippen LogP contribution in [0.4, 0.5) is 42.0 Å². The van der Waals surface area contributed by atoms with Gasteiger partial charge in [0.05, 0.1) is 10.5 Å². The quantitative estimate of drug-likeness (QED) is 0.505. The highest BCUT2D eigenvalue weighted by Crippen LogP contribution is 2.34. The molecule has 138 valence electrons. The molecule has 11 heteroatoms. The number of benzene rings is 1. The molecule has 0 fully saturated rings. The van der Waals surface area contributed by atoms with Crippen molar-refractivity contribution in [2.24, 2.45) is 0 Å². The van der Waals surface area contributed by atoms with Gasteiger partial charge in [0, 0.05) is 11.9 Å². The molecule has 0 aliphatic rings. The number of halogens is 3. The summed E-state index contributed by atoms with van der Waals surface area (Å²) in [5.74, 6) is -0.0970. The Kier molecular flexibility index (Phi) is 4.83. The van der Waals surface area contributed by atoms with Crippen LogP contribution in [0.3, 0.4) is 0 Å². The van der Waals surface area contributed by atoms with E-state index in [1.54, 1.807) is 18.2 Å². The molecule has 0 bridgehead atoms. The SMILES string of the molecule is O=[N+]([O-])c1c(Nc2cccc(C(F)(F)F)c2)ncnc1Nc1ccccn1. The van der Waals surface area contributed by atoms with Crippen molar-refractivity contribution in [3.05, 3.63) is 70.7 Å². The van der Waals surface area contributed by atoms with Crippen molar-refractivity contribution in [1.29, 1.82) is 0 Å². The van der Waals surface area contributed by atoms with E-state index in [4.69, 9.17) is 0 Å². The fraction of sp³-hybridized carbons (Fsp3) is 0.0625. The van der Waals surface area contributed by atoms with Gasteiger partial charge in [-0.25, -0.2) is 15.0 Å². The average Bonchev–Trinajstić information content (AvgIpc) is 2.62. The maximum atomic E-state index is 12.8.